The fourth-order valence-electron chi connectivity index (χ4n) is 3.76. The Bertz CT molecular complexity index is 1350. The van der Waals surface area contributed by atoms with Crippen molar-refractivity contribution in [2.75, 3.05) is 7.11 Å². The van der Waals surface area contributed by atoms with Crippen molar-refractivity contribution in [2.45, 2.75) is 18.8 Å². The number of ether oxygens (including phenoxy) is 1. The SMILES string of the molecule is COc1c(-c2cscc2-c2cccnc2)c(F)cn2c(=O)[nH]c(=O)c(C3CC3)c12. The molecule has 0 aliphatic heterocycles. The number of hydrogen-bond acceptors (Lipinski definition) is 5. The standard InChI is InChI=1S/C21H16FN3O3S/c1-28-19-17(14-10-29-9-13(14)12-3-2-6-23-7-12)15(22)8-25-18(19)16(11-4-5-11)20(26)24-21(25)27/h2-3,6-11H,4-5H2,1H3,(H,24,26,27). The van der Waals surface area contributed by atoms with Gasteiger partial charge in [-0.15, -0.1) is 0 Å². The van der Waals surface area contributed by atoms with Gasteiger partial charge in [-0.05, 0) is 35.6 Å². The number of aromatic amines is 1. The van der Waals surface area contributed by atoms with Gasteiger partial charge in [-0.2, -0.15) is 11.3 Å². The Labute approximate surface area is 168 Å². The minimum atomic E-state index is -0.684. The summed E-state index contributed by atoms with van der Waals surface area (Å²) in [5.74, 6) is -0.366. The molecular formula is C21H16FN3O3S. The molecule has 0 amide bonds. The van der Waals surface area contributed by atoms with Crippen LogP contribution in [0.5, 0.6) is 5.75 Å². The number of H-pyrrole nitrogens is 1. The average molecular weight is 409 g/mol. The van der Waals surface area contributed by atoms with Gasteiger partial charge in [0.2, 0.25) is 0 Å². The summed E-state index contributed by atoms with van der Waals surface area (Å²) < 4.78 is 22.1. The molecule has 1 N–H and O–H groups in total. The van der Waals surface area contributed by atoms with E-state index in [2.05, 4.69) is 9.97 Å². The van der Waals surface area contributed by atoms with Gasteiger partial charge < -0.3 is 4.74 Å². The summed E-state index contributed by atoms with van der Waals surface area (Å²) in [6, 6.07) is 3.71. The number of fused-ring (bicyclic) bond motifs is 1. The second-order valence-corrected chi connectivity index (χ2v) is 7.74. The van der Waals surface area contributed by atoms with Gasteiger partial charge in [0.25, 0.3) is 5.56 Å². The Balaban J connectivity index is 1.89. The highest BCUT2D eigenvalue weighted by Gasteiger charge is 2.32. The van der Waals surface area contributed by atoms with E-state index < -0.39 is 17.1 Å². The predicted octanol–water partition coefficient (Wildman–Crippen LogP) is 3.80. The fourth-order valence-corrected chi connectivity index (χ4v) is 4.61. The van der Waals surface area contributed by atoms with E-state index in [1.807, 2.05) is 22.9 Å². The summed E-state index contributed by atoms with van der Waals surface area (Å²) in [6.45, 7) is 0. The van der Waals surface area contributed by atoms with E-state index in [9.17, 15) is 9.59 Å². The Hall–Kier alpha value is -3.26. The normalized spacial score (nSPS) is 13.7. The molecule has 0 saturated heterocycles. The molecule has 1 saturated carbocycles. The molecule has 6 nitrogen and oxygen atoms in total. The van der Waals surface area contributed by atoms with Gasteiger partial charge in [0.1, 0.15) is 5.52 Å². The van der Waals surface area contributed by atoms with Crippen LogP contribution in [0.3, 0.4) is 0 Å². The monoisotopic (exact) mass is 409 g/mol. The molecule has 1 fully saturated rings. The van der Waals surface area contributed by atoms with E-state index in [4.69, 9.17) is 4.74 Å². The molecule has 0 bridgehead atoms. The minimum absolute atomic E-state index is 0.0434. The van der Waals surface area contributed by atoms with Gasteiger partial charge in [-0.1, -0.05) is 6.07 Å². The van der Waals surface area contributed by atoms with Gasteiger partial charge in [0, 0.05) is 34.6 Å². The molecule has 5 rings (SSSR count). The lowest BCUT2D eigenvalue weighted by molar-refractivity contribution is 0.415. The smallest absolute Gasteiger partial charge is 0.333 e. The quantitative estimate of drug-likeness (QED) is 0.556. The van der Waals surface area contributed by atoms with Crippen molar-refractivity contribution in [3.63, 3.8) is 0 Å². The zero-order chi connectivity index (χ0) is 20.1. The molecule has 0 radical (unpaired) electrons. The number of rotatable bonds is 4. The Morgan fingerprint density at radius 2 is 2.07 bits per heavy atom. The summed E-state index contributed by atoms with van der Waals surface area (Å²) in [5, 5.41) is 3.75. The third-order valence-electron chi connectivity index (χ3n) is 5.20. The third kappa shape index (κ3) is 2.79. The molecule has 0 spiro atoms. The van der Waals surface area contributed by atoms with Crippen molar-refractivity contribution in [1.29, 1.82) is 0 Å². The van der Waals surface area contributed by atoms with Crippen LogP contribution < -0.4 is 16.0 Å². The summed E-state index contributed by atoms with van der Waals surface area (Å²) in [4.78, 5) is 31.4. The second-order valence-electron chi connectivity index (χ2n) is 6.99. The second kappa shape index (κ2) is 6.66. The van der Waals surface area contributed by atoms with Crippen molar-refractivity contribution < 1.29 is 9.13 Å². The zero-order valence-electron chi connectivity index (χ0n) is 15.4. The molecule has 8 heteroatoms. The molecular weight excluding hydrogens is 393 g/mol. The molecule has 4 heterocycles. The van der Waals surface area contributed by atoms with E-state index in [0.29, 0.717) is 16.6 Å². The molecule has 0 aromatic carbocycles. The number of halogens is 1. The van der Waals surface area contributed by atoms with Crippen molar-refractivity contribution in [3.05, 3.63) is 73.7 Å². The van der Waals surface area contributed by atoms with Gasteiger partial charge in [0.15, 0.2) is 11.6 Å². The maximum atomic E-state index is 15.3. The van der Waals surface area contributed by atoms with Crippen LogP contribution >= 0.6 is 11.3 Å². The van der Waals surface area contributed by atoms with Crippen LogP contribution in [0.25, 0.3) is 27.8 Å². The molecule has 0 atom stereocenters. The van der Waals surface area contributed by atoms with E-state index in [1.54, 1.807) is 12.4 Å². The zero-order valence-corrected chi connectivity index (χ0v) is 16.3. The lowest BCUT2D eigenvalue weighted by Crippen LogP contribution is -2.29. The summed E-state index contributed by atoms with van der Waals surface area (Å²) >= 11 is 1.43. The molecule has 4 aromatic rings. The lowest BCUT2D eigenvalue weighted by Gasteiger charge is -2.16. The van der Waals surface area contributed by atoms with E-state index >= 15 is 4.39 Å². The Morgan fingerprint density at radius 3 is 2.76 bits per heavy atom. The predicted molar refractivity (Wildman–Crippen MR) is 109 cm³/mol. The number of nitrogens with one attached hydrogen (secondary N) is 1. The number of pyridine rings is 2. The maximum absolute atomic E-state index is 15.3. The van der Waals surface area contributed by atoms with Crippen LogP contribution in [0, 0.1) is 5.82 Å². The summed E-state index contributed by atoms with van der Waals surface area (Å²) in [5.41, 5.74) is 2.21. The topological polar surface area (TPSA) is 76.5 Å². The van der Waals surface area contributed by atoms with Crippen molar-refractivity contribution >= 4 is 16.9 Å². The molecule has 1 aliphatic rings. The number of nitrogens with zero attached hydrogens (tertiary/aromatic N) is 2. The van der Waals surface area contributed by atoms with E-state index in [1.165, 1.54) is 18.4 Å². The third-order valence-corrected chi connectivity index (χ3v) is 5.94. The highest BCUT2D eigenvalue weighted by Crippen LogP contribution is 2.46. The minimum Gasteiger partial charge on any atom is -0.494 e. The highest BCUT2D eigenvalue weighted by atomic mass is 32.1. The number of hydrogen-bond donors (Lipinski definition) is 1. The van der Waals surface area contributed by atoms with Crippen LogP contribution in [0.1, 0.15) is 24.3 Å². The van der Waals surface area contributed by atoms with Crippen molar-refractivity contribution in [2.24, 2.45) is 0 Å². The maximum Gasteiger partial charge on any atom is 0.333 e. The van der Waals surface area contributed by atoms with Crippen LogP contribution in [0.4, 0.5) is 4.39 Å². The van der Waals surface area contributed by atoms with Gasteiger partial charge >= 0.3 is 5.69 Å². The molecule has 146 valence electrons. The summed E-state index contributed by atoms with van der Waals surface area (Å²) in [7, 11) is 1.43. The Kier molecular flexibility index (Phi) is 4.09. The summed E-state index contributed by atoms with van der Waals surface area (Å²) in [6.07, 6.45) is 6.22. The van der Waals surface area contributed by atoms with Crippen LogP contribution in [0.2, 0.25) is 0 Å². The largest absolute Gasteiger partial charge is 0.494 e. The average Bonchev–Trinajstić information content (AvgIpc) is 3.44. The number of methoxy groups -OCH3 is 1. The highest BCUT2D eigenvalue weighted by molar-refractivity contribution is 7.08. The first kappa shape index (κ1) is 17.8. The first-order chi connectivity index (χ1) is 14.1. The van der Waals surface area contributed by atoms with Crippen LogP contribution in [-0.4, -0.2) is 21.5 Å². The van der Waals surface area contributed by atoms with Crippen LogP contribution in [-0.2, 0) is 0 Å². The first-order valence-corrected chi connectivity index (χ1v) is 10.1. The van der Waals surface area contributed by atoms with Gasteiger partial charge in [0.05, 0.1) is 18.9 Å². The molecule has 1 aliphatic carbocycles. The molecule has 0 unspecified atom stereocenters. The van der Waals surface area contributed by atoms with Gasteiger partial charge in [-0.25, -0.2) is 9.18 Å². The van der Waals surface area contributed by atoms with Crippen molar-refractivity contribution in [1.82, 2.24) is 14.4 Å². The number of thiophene rings is 1. The van der Waals surface area contributed by atoms with E-state index in [-0.39, 0.29) is 17.2 Å². The van der Waals surface area contributed by atoms with Gasteiger partial charge in [-0.3, -0.25) is 19.2 Å². The molecule has 4 aromatic heterocycles. The Morgan fingerprint density at radius 1 is 1.28 bits per heavy atom. The van der Waals surface area contributed by atoms with Crippen LogP contribution in [0.15, 0.2) is 51.1 Å². The van der Waals surface area contributed by atoms with E-state index in [0.717, 1.165) is 34.6 Å². The molecule has 29 heavy (non-hydrogen) atoms. The number of aromatic nitrogens is 3. The van der Waals surface area contributed by atoms with Crippen molar-refractivity contribution in [3.8, 4) is 28.0 Å². The first-order valence-electron chi connectivity index (χ1n) is 9.12. The lowest BCUT2D eigenvalue weighted by atomic mass is 9.98. The fraction of sp³-hybridized carbons (Fsp3) is 0.190.